The zero-order valence-electron chi connectivity index (χ0n) is 9.74. The van der Waals surface area contributed by atoms with Crippen molar-refractivity contribution < 1.29 is 4.79 Å². The lowest BCUT2D eigenvalue weighted by atomic mass is 10.1. The Hall–Kier alpha value is -1.32. The lowest BCUT2D eigenvalue weighted by Crippen LogP contribution is -2.23. The van der Waals surface area contributed by atoms with Crippen LogP contribution in [-0.4, -0.2) is 20.6 Å². The fourth-order valence-corrected chi connectivity index (χ4v) is 2.11. The number of carbonyl (C=O) groups is 1. The number of aryl methyl sites for hydroxylation is 1. The number of aromatic nitrogens is 2. The average molecular weight is 207 g/mol. The number of rotatable bonds is 1. The minimum absolute atomic E-state index is 0.140. The van der Waals surface area contributed by atoms with Crippen LogP contribution in [0.1, 0.15) is 43.6 Å². The first-order chi connectivity index (χ1) is 7.00. The van der Waals surface area contributed by atoms with E-state index in [2.05, 4.69) is 18.9 Å². The summed E-state index contributed by atoms with van der Waals surface area (Å²) in [5.41, 5.74) is 3.58. The highest BCUT2D eigenvalue weighted by Gasteiger charge is 2.28. The predicted octanol–water partition coefficient (Wildman–Crippen LogP) is 1.41. The van der Waals surface area contributed by atoms with Gasteiger partial charge in [-0.3, -0.25) is 9.48 Å². The van der Waals surface area contributed by atoms with Gasteiger partial charge in [0, 0.05) is 26.1 Å². The summed E-state index contributed by atoms with van der Waals surface area (Å²) in [6, 6.07) is 0. The lowest BCUT2D eigenvalue weighted by Gasteiger charge is -2.13. The van der Waals surface area contributed by atoms with Crippen molar-refractivity contribution in [3.8, 4) is 0 Å². The molecule has 2 heterocycles. The van der Waals surface area contributed by atoms with Gasteiger partial charge < -0.3 is 4.90 Å². The topological polar surface area (TPSA) is 38.1 Å². The summed E-state index contributed by atoms with van der Waals surface area (Å²) >= 11 is 0. The molecule has 1 aromatic heterocycles. The maximum Gasteiger partial charge on any atom is 0.220 e. The molecule has 0 radical (unpaired) electrons. The Balaban J connectivity index is 2.37. The van der Waals surface area contributed by atoms with Crippen molar-refractivity contribution >= 4 is 5.91 Å². The zero-order chi connectivity index (χ0) is 11.2. The van der Waals surface area contributed by atoms with Gasteiger partial charge in [0.15, 0.2) is 0 Å². The third-order valence-electron chi connectivity index (χ3n) is 2.99. The number of hydrogen-bond donors (Lipinski definition) is 0. The highest BCUT2D eigenvalue weighted by atomic mass is 16.2. The summed E-state index contributed by atoms with van der Waals surface area (Å²) in [5, 5.41) is 4.50. The van der Waals surface area contributed by atoms with Crippen LogP contribution >= 0.6 is 0 Å². The van der Waals surface area contributed by atoms with Crippen LogP contribution in [0.2, 0.25) is 0 Å². The minimum Gasteiger partial charge on any atom is -0.333 e. The van der Waals surface area contributed by atoms with Crippen LogP contribution in [0.15, 0.2) is 0 Å². The van der Waals surface area contributed by atoms with Gasteiger partial charge in [0.05, 0.1) is 17.9 Å². The zero-order valence-corrected chi connectivity index (χ0v) is 9.74. The fourth-order valence-electron chi connectivity index (χ4n) is 2.11. The Morgan fingerprint density at radius 3 is 2.60 bits per heavy atom. The monoisotopic (exact) mass is 207 g/mol. The second-order valence-electron chi connectivity index (χ2n) is 4.46. The molecule has 1 aliphatic rings. The first-order valence-electron chi connectivity index (χ1n) is 5.31. The number of nitrogens with zero attached hydrogens (tertiary/aromatic N) is 3. The van der Waals surface area contributed by atoms with E-state index in [1.54, 1.807) is 6.92 Å². The minimum atomic E-state index is 0.140. The molecule has 0 fully saturated rings. The summed E-state index contributed by atoms with van der Waals surface area (Å²) < 4.78 is 1.91. The van der Waals surface area contributed by atoms with E-state index in [9.17, 15) is 4.79 Å². The first kappa shape index (κ1) is 10.2. The third-order valence-corrected chi connectivity index (χ3v) is 2.99. The largest absolute Gasteiger partial charge is 0.333 e. The molecule has 0 bridgehead atoms. The van der Waals surface area contributed by atoms with Gasteiger partial charge in [-0.25, -0.2) is 0 Å². The van der Waals surface area contributed by atoms with Crippen LogP contribution in [0.3, 0.4) is 0 Å². The normalized spacial score (nSPS) is 14.9. The van der Waals surface area contributed by atoms with Gasteiger partial charge in [0.25, 0.3) is 0 Å². The SMILES string of the molecule is CC(=O)N1Cc2c(C(C)C)nn(C)c2C1. The van der Waals surface area contributed by atoms with Crippen molar-refractivity contribution in [2.75, 3.05) is 0 Å². The van der Waals surface area contributed by atoms with E-state index in [-0.39, 0.29) is 5.91 Å². The van der Waals surface area contributed by atoms with Gasteiger partial charge in [0.1, 0.15) is 0 Å². The van der Waals surface area contributed by atoms with Gasteiger partial charge in [-0.2, -0.15) is 5.10 Å². The first-order valence-corrected chi connectivity index (χ1v) is 5.31. The van der Waals surface area contributed by atoms with E-state index >= 15 is 0 Å². The van der Waals surface area contributed by atoms with Crippen molar-refractivity contribution in [1.29, 1.82) is 0 Å². The Kier molecular flexibility index (Phi) is 2.29. The molecule has 1 aromatic rings. The Morgan fingerprint density at radius 1 is 1.40 bits per heavy atom. The van der Waals surface area contributed by atoms with Crippen LogP contribution in [0.25, 0.3) is 0 Å². The van der Waals surface area contributed by atoms with Gasteiger partial charge in [-0.15, -0.1) is 0 Å². The summed E-state index contributed by atoms with van der Waals surface area (Å²) in [4.78, 5) is 13.2. The molecule has 0 aliphatic carbocycles. The molecule has 4 nitrogen and oxygen atoms in total. The smallest absolute Gasteiger partial charge is 0.220 e. The molecule has 2 rings (SSSR count). The van der Waals surface area contributed by atoms with Crippen LogP contribution in [0.5, 0.6) is 0 Å². The van der Waals surface area contributed by atoms with Crippen molar-refractivity contribution in [2.24, 2.45) is 7.05 Å². The van der Waals surface area contributed by atoms with Crippen LogP contribution in [-0.2, 0) is 24.9 Å². The van der Waals surface area contributed by atoms with Crippen molar-refractivity contribution in [1.82, 2.24) is 14.7 Å². The molecule has 15 heavy (non-hydrogen) atoms. The lowest BCUT2D eigenvalue weighted by molar-refractivity contribution is -0.129. The van der Waals surface area contributed by atoms with Crippen LogP contribution in [0.4, 0.5) is 0 Å². The van der Waals surface area contributed by atoms with Gasteiger partial charge >= 0.3 is 0 Å². The molecule has 82 valence electrons. The highest BCUT2D eigenvalue weighted by Crippen LogP contribution is 2.29. The second kappa shape index (κ2) is 3.36. The molecule has 0 atom stereocenters. The van der Waals surface area contributed by atoms with Crippen molar-refractivity contribution in [3.63, 3.8) is 0 Å². The summed E-state index contributed by atoms with van der Waals surface area (Å²) in [6.45, 7) is 7.33. The van der Waals surface area contributed by atoms with Crippen molar-refractivity contribution in [3.05, 3.63) is 17.0 Å². The van der Waals surface area contributed by atoms with E-state index in [0.717, 1.165) is 12.2 Å². The summed E-state index contributed by atoms with van der Waals surface area (Å²) in [5.74, 6) is 0.563. The van der Waals surface area contributed by atoms with E-state index in [0.29, 0.717) is 12.5 Å². The number of hydrogen-bond acceptors (Lipinski definition) is 2. The maximum absolute atomic E-state index is 11.3. The Labute approximate surface area is 89.9 Å². The van der Waals surface area contributed by atoms with Crippen LogP contribution in [0, 0.1) is 0 Å². The molecule has 0 N–H and O–H groups in total. The van der Waals surface area contributed by atoms with E-state index in [4.69, 9.17) is 0 Å². The molecule has 0 aromatic carbocycles. The average Bonchev–Trinajstić information content (AvgIpc) is 2.66. The third kappa shape index (κ3) is 1.54. The Morgan fingerprint density at radius 2 is 2.07 bits per heavy atom. The van der Waals surface area contributed by atoms with E-state index in [1.807, 2.05) is 16.6 Å². The number of amides is 1. The number of fused-ring (bicyclic) bond motifs is 1. The van der Waals surface area contributed by atoms with Crippen LogP contribution < -0.4 is 0 Å². The van der Waals surface area contributed by atoms with E-state index < -0.39 is 0 Å². The molecule has 0 saturated heterocycles. The summed E-state index contributed by atoms with van der Waals surface area (Å²) in [6.07, 6.45) is 0. The number of carbonyl (C=O) groups excluding carboxylic acids is 1. The highest BCUT2D eigenvalue weighted by molar-refractivity contribution is 5.74. The van der Waals surface area contributed by atoms with E-state index in [1.165, 1.54) is 11.3 Å². The molecular weight excluding hydrogens is 190 g/mol. The molecule has 0 unspecified atom stereocenters. The summed E-state index contributed by atoms with van der Waals surface area (Å²) in [7, 11) is 1.95. The van der Waals surface area contributed by atoms with Crippen molar-refractivity contribution in [2.45, 2.75) is 39.8 Å². The second-order valence-corrected chi connectivity index (χ2v) is 4.46. The maximum atomic E-state index is 11.3. The fraction of sp³-hybridized carbons (Fsp3) is 0.636. The van der Waals surface area contributed by atoms with Gasteiger partial charge in [-0.05, 0) is 5.92 Å². The van der Waals surface area contributed by atoms with Gasteiger partial charge in [-0.1, -0.05) is 13.8 Å². The molecular formula is C11H17N3O. The quantitative estimate of drug-likeness (QED) is 0.698. The molecule has 0 spiro atoms. The predicted molar refractivity (Wildman–Crippen MR) is 57.2 cm³/mol. The molecule has 1 amide bonds. The molecule has 0 saturated carbocycles. The standard InChI is InChI=1S/C11H17N3O/c1-7(2)11-9-5-14(8(3)15)6-10(9)13(4)12-11/h7H,5-6H2,1-4H3. The molecule has 1 aliphatic heterocycles. The Bertz CT molecular complexity index is 406. The van der Waals surface area contributed by atoms with Gasteiger partial charge in [0.2, 0.25) is 5.91 Å². The molecule has 4 heteroatoms.